The summed E-state index contributed by atoms with van der Waals surface area (Å²) in [5, 5.41) is 3.92. The maximum absolute atomic E-state index is 13.9. The maximum Gasteiger partial charge on any atom is 0.126 e. The smallest absolute Gasteiger partial charge is 0.126 e. The molecule has 0 spiro atoms. The summed E-state index contributed by atoms with van der Waals surface area (Å²) < 4.78 is 13.9. The zero-order valence-corrected chi connectivity index (χ0v) is 13.8. The molecular weight excluding hydrogens is 269 g/mol. The zero-order chi connectivity index (χ0) is 14.7. The van der Waals surface area contributed by atoms with Gasteiger partial charge in [0.15, 0.2) is 0 Å². The molecule has 2 rings (SSSR count). The molecule has 112 valence electrons. The van der Waals surface area contributed by atoms with Gasteiger partial charge in [0.05, 0.1) is 0 Å². The van der Waals surface area contributed by atoms with Crippen LogP contribution in [0.4, 0.5) is 4.39 Å². The largest absolute Gasteiger partial charge is 0.313 e. The molecule has 20 heavy (non-hydrogen) atoms. The van der Waals surface area contributed by atoms with Crippen LogP contribution < -0.4 is 5.32 Å². The van der Waals surface area contributed by atoms with Crippen molar-refractivity contribution in [3.05, 3.63) is 29.1 Å². The topological polar surface area (TPSA) is 12.0 Å². The molecule has 3 heteroatoms. The maximum atomic E-state index is 13.9. The summed E-state index contributed by atoms with van der Waals surface area (Å²) in [4.78, 5) is 1.25. The normalized spacial score (nSPS) is 24.6. The van der Waals surface area contributed by atoms with Crippen LogP contribution in [0.15, 0.2) is 17.0 Å². The molecule has 1 N–H and O–H groups in total. The fourth-order valence-corrected chi connectivity index (χ4v) is 4.62. The third-order valence-electron chi connectivity index (χ3n) is 4.37. The van der Waals surface area contributed by atoms with E-state index < -0.39 is 0 Å². The van der Waals surface area contributed by atoms with Gasteiger partial charge in [-0.05, 0) is 62.9 Å². The molecule has 1 aromatic carbocycles. The second-order valence-corrected chi connectivity index (χ2v) is 7.50. The van der Waals surface area contributed by atoms with Gasteiger partial charge in [-0.3, -0.25) is 0 Å². The summed E-state index contributed by atoms with van der Waals surface area (Å²) in [6.07, 6.45) is 5.27. The van der Waals surface area contributed by atoms with Crippen LogP contribution in [0.1, 0.15) is 56.7 Å². The van der Waals surface area contributed by atoms with E-state index in [-0.39, 0.29) is 11.9 Å². The third-order valence-corrected chi connectivity index (χ3v) is 5.74. The molecule has 3 unspecified atom stereocenters. The van der Waals surface area contributed by atoms with E-state index in [0.29, 0.717) is 5.25 Å². The summed E-state index contributed by atoms with van der Waals surface area (Å²) >= 11 is 1.95. The number of hydrogen-bond donors (Lipinski definition) is 1. The van der Waals surface area contributed by atoms with E-state index >= 15 is 0 Å². The van der Waals surface area contributed by atoms with Crippen molar-refractivity contribution in [3.63, 3.8) is 0 Å². The molecule has 1 aliphatic rings. The van der Waals surface area contributed by atoms with Gasteiger partial charge < -0.3 is 5.32 Å². The van der Waals surface area contributed by atoms with E-state index in [1.54, 1.807) is 6.07 Å². The Balaban J connectivity index is 2.22. The molecule has 0 aromatic heterocycles. The first-order valence-corrected chi connectivity index (χ1v) is 8.53. The molecule has 0 radical (unpaired) electrons. The predicted molar refractivity (Wildman–Crippen MR) is 85.9 cm³/mol. The average molecular weight is 295 g/mol. The minimum Gasteiger partial charge on any atom is -0.313 e. The Morgan fingerprint density at radius 3 is 2.75 bits per heavy atom. The lowest BCUT2D eigenvalue weighted by Gasteiger charge is -2.27. The standard InChI is InChI=1S/C17H26FNS/c1-11-6-5-7-14(8-11)20-17-9-12(2)16(18)10-15(17)13(3)19-4/h9-11,13-14,19H,5-8H2,1-4H3. The van der Waals surface area contributed by atoms with E-state index in [2.05, 4.69) is 19.2 Å². The second kappa shape index (κ2) is 6.95. The number of hydrogen-bond acceptors (Lipinski definition) is 2. The minimum atomic E-state index is -0.0940. The lowest BCUT2D eigenvalue weighted by atomic mass is 9.91. The number of nitrogens with one attached hydrogen (secondary N) is 1. The molecule has 1 aromatic rings. The van der Waals surface area contributed by atoms with Gasteiger partial charge in [-0.1, -0.05) is 19.8 Å². The van der Waals surface area contributed by atoms with Gasteiger partial charge in [0.25, 0.3) is 0 Å². The van der Waals surface area contributed by atoms with Crippen LogP contribution in [0.3, 0.4) is 0 Å². The van der Waals surface area contributed by atoms with Crippen LogP contribution in [0, 0.1) is 18.7 Å². The van der Waals surface area contributed by atoms with Gasteiger partial charge in [0.2, 0.25) is 0 Å². The van der Waals surface area contributed by atoms with Crippen molar-refractivity contribution < 1.29 is 4.39 Å². The van der Waals surface area contributed by atoms with Crippen LogP contribution in [0.25, 0.3) is 0 Å². The van der Waals surface area contributed by atoms with Crippen LogP contribution in [0.5, 0.6) is 0 Å². The molecular formula is C17H26FNS. The summed E-state index contributed by atoms with van der Waals surface area (Å²) in [5.41, 5.74) is 1.85. The van der Waals surface area contributed by atoms with Crippen LogP contribution in [-0.4, -0.2) is 12.3 Å². The highest BCUT2D eigenvalue weighted by atomic mass is 32.2. The Morgan fingerprint density at radius 2 is 2.10 bits per heavy atom. The van der Waals surface area contributed by atoms with Crippen molar-refractivity contribution in [3.8, 4) is 0 Å². The number of aryl methyl sites for hydroxylation is 1. The number of halogens is 1. The highest BCUT2D eigenvalue weighted by molar-refractivity contribution is 8.00. The lowest BCUT2D eigenvalue weighted by Crippen LogP contribution is -2.17. The first kappa shape index (κ1) is 15.8. The Morgan fingerprint density at radius 1 is 1.35 bits per heavy atom. The number of rotatable bonds is 4. The predicted octanol–water partition coefficient (Wildman–Crippen LogP) is 5.09. The van der Waals surface area contributed by atoms with Gasteiger partial charge in [-0.25, -0.2) is 4.39 Å². The van der Waals surface area contributed by atoms with Crippen molar-refractivity contribution in [2.24, 2.45) is 5.92 Å². The summed E-state index contributed by atoms with van der Waals surface area (Å²) in [6.45, 7) is 6.30. The van der Waals surface area contributed by atoms with Gasteiger partial charge >= 0.3 is 0 Å². The second-order valence-electron chi connectivity index (χ2n) is 6.16. The fraction of sp³-hybridized carbons (Fsp3) is 0.647. The van der Waals surface area contributed by atoms with Crippen LogP contribution >= 0.6 is 11.8 Å². The van der Waals surface area contributed by atoms with Crippen molar-refractivity contribution in [2.75, 3.05) is 7.05 Å². The number of thioether (sulfide) groups is 1. The molecule has 0 heterocycles. The van der Waals surface area contributed by atoms with E-state index in [4.69, 9.17) is 0 Å². The summed E-state index contributed by atoms with van der Waals surface area (Å²) in [7, 11) is 1.93. The van der Waals surface area contributed by atoms with Crippen molar-refractivity contribution in [1.82, 2.24) is 5.32 Å². The zero-order valence-electron chi connectivity index (χ0n) is 13.0. The van der Waals surface area contributed by atoms with Crippen LogP contribution in [-0.2, 0) is 0 Å². The van der Waals surface area contributed by atoms with Crippen LogP contribution in [0.2, 0.25) is 0 Å². The first-order chi connectivity index (χ1) is 9.51. The third kappa shape index (κ3) is 3.76. The summed E-state index contributed by atoms with van der Waals surface area (Å²) in [6, 6.07) is 3.93. The monoisotopic (exact) mass is 295 g/mol. The fourth-order valence-electron chi connectivity index (χ4n) is 2.93. The van der Waals surface area contributed by atoms with E-state index in [1.165, 1.54) is 30.6 Å². The SMILES string of the molecule is CNC(C)c1cc(F)c(C)cc1SC1CCCC(C)C1. The molecule has 3 atom stereocenters. The molecule has 1 nitrogen and oxygen atoms in total. The Bertz CT molecular complexity index is 461. The molecule has 1 saturated carbocycles. The van der Waals surface area contributed by atoms with E-state index in [0.717, 1.165) is 17.0 Å². The minimum absolute atomic E-state index is 0.0940. The van der Waals surface area contributed by atoms with Gasteiger partial charge in [-0.2, -0.15) is 0 Å². The van der Waals surface area contributed by atoms with Gasteiger partial charge in [0.1, 0.15) is 5.82 Å². The van der Waals surface area contributed by atoms with E-state index in [9.17, 15) is 4.39 Å². The van der Waals surface area contributed by atoms with Gasteiger partial charge in [-0.15, -0.1) is 11.8 Å². The lowest BCUT2D eigenvalue weighted by molar-refractivity contribution is 0.394. The summed E-state index contributed by atoms with van der Waals surface area (Å²) in [5.74, 6) is 0.733. The highest BCUT2D eigenvalue weighted by Gasteiger charge is 2.22. The Labute approximate surface area is 126 Å². The number of benzene rings is 1. The average Bonchev–Trinajstić information content (AvgIpc) is 2.42. The molecule has 1 fully saturated rings. The van der Waals surface area contributed by atoms with Crippen molar-refractivity contribution >= 4 is 11.8 Å². The molecule has 1 aliphatic carbocycles. The van der Waals surface area contributed by atoms with Crippen molar-refractivity contribution in [2.45, 2.75) is 62.6 Å². The van der Waals surface area contributed by atoms with Gasteiger partial charge in [0, 0.05) is 16.2 Å². The quantitative estimate of drug-likeness (QED) is 0.830. The molecule has 0 saturated heterocycles. The highest BCUT2D eigenvalue weighted by Crippen LogP contribution is 2.39. The molecule has 0 aliphatic heterocycles. The van der Waals surface area contributed by atoms with E-state index in [1.807, 2.05) is 31.8 Å². The Kier molecular flexibility index (Phi) is 5.50. The molecule has 0 bridgehead atoms. The Hall–Kier alpha value is -0.540. The van der Waals surface area contributed by atoms with Crippen molar-refractivity contribution in [1.29, 1.82) is 0 Å². The molecule has 0 amide bonds. The first-order valence-electron chi connectivity index (χ1n) is 7.65.